The van der Waals surface area contributed by atoms with Gasteiger partial charge in [0.05, 0.1) is 6.54 Å². The number of hydrogen-bond donors (Lipinski definition) is 3. The van der Waals surface area contributed by atoms with Crippen molar-refractivity contribution in [3.63, 3.8) is 0 Å². The van der Waals surface area contributed by atoms with Gasteiger partial charge in [0.1, 0.15) is 0 Å². The molecule has 7 nitrogen and oxygen atoms in total. The first-order valence-corrected chi connectivity index (χ1v) is 11.2. The molecule has 32 heavy (non-hydrogen) atoms. The molecule has 2 aromatic carbocycles. The molecule has 7 heteroatoms. The summed E-state index contributed by atoms with van der Waals surface area (Å²) < 4.78 is 0. The number of nitrogens with one attached hydrogen (secondary N) is 3. The van der Waals surface area contributed by atoms with E-state index in [1.807, 2.05) is 17.9 Å². The molecule has 2 aromatic rings. The Balaban J connectivity index is 1.92. The molecule has 0 bridgehead atoms. The van der Waals surface area contributed by atoms with Crippen molar-refractivity contribution in [3.8, 4) is 0 Å². The third-order valence-electron chi connectivity index (χ3n) is 4.98. The van der Waals surface area contributed by atoms with Crippen molar-refractivity contribution in [1.82, 2.24) is 4.90 Å². The van der Waals surface area contributed by atoms with Crippen LogP contribution in [0, 0.1) is 6.92 Å². The summed E-state index contributed by atoms with van der Waals surface area (Å²) in [5, 5.41) is 8.73. The first kappa shape index (κ1) is 24.9. The molecule has 0 radical (unpaired) electrons. The van der Waals surface area contributed by atoms with E-state index in [1.165, 1.54) is 0 Å². The van der Waals surface area contributed by atoms with Gasteiger partial charge in [-0.15, -0.1) is 0 Å². The van der Waals surface area contributed by atoms with Crippen LogP contribution < -0.4 is 16.0 Å². The van der Waals surface area contributed by atoms with Crippen molar-refractivity contribution in [2.24, 2.45) is 0 Å². The number of anilines is 3. The lowest BCUT2D eigenvalue weighted by atomic mass is 10.1. The van der Waals surface area contributed by atoms with Crippen LogP contribution in [0.15, 0.2) is 42.5 Å². The van der Waals surface area contributed by atoms with Gasteiger partial charge in [0.15, 0.2) is 0 Å². The van der Waals surface area contributed by atoms with Crippen LogP contribution >= 0.6 is 0 Å². The number of hydrogen-bond acceptors (Lipinski definition) is 4. The Bertz CT molecular complexity index is 919. The number of nitrogens with zero attached hydrogens (tertiary/aromatic N) is 1. The lowest BCUT2D eigenvalue weighted by Crippen LogP contribution is -2.32. The Morgan fingerprint density at radius 3 is 2.03 bits per heavy atom. The maximum absolute atomic E-state index is 12.7. The van der Waals surface area contributed by atoms with Crippen molar-refractivity contribution >= 4 is 34.8 Å². The van der Waals surface area contributed by atoms with Gasteiger partial charge in [0.25, 0.3) is 5.91 Å². The van der Waals surface area contributed by atoms with Gasteiger partial charge in [-0.05, 0) is 61.7 Å². The summed E-state index contributed by atoms with van der Waals surface area (Å²) in [7, 11) is 0. The highest BCUT2D eigenvalue weighted by molar-refractivity contribution is 5.97. The minimum atomic E-state index is -0.209. The molecule has 0 fully saturated rings. The van der Waals surface area contributed by atoms with Crippen molar-refractivity contribution < 1.29 is 14.4 Å². The number of rotatable bonds is 11. The summed E-state index contributed by atoms with van der Waals surface area (Å²) in [4.78, 5) is 38.5. The van der Waals surface area contributed by atoms with Gasteiger partial charge >= 0.3 is 0 Å². The molecule has 0 aliphatic rings. The van der Waals surface area contributed by atoms with Crippen molar-refractivity contribution in [3.05, 3.63) is 53.6 Å². The quantitative estimate of drug-likeness (QED) is 0.476. The fraction of sp³-hybridized carbons (Fsp3) is 0.400. The molecular weight excluding hydrogens is 404 g/mol. The van der Waals surface area contributed by atoms with Gasteiger partial charge in [-0.25, -0.2) is 0 Å². The van der Waals surface area contributed by atoms with E-state index in [9.17, 15) is 14.4 Å². The molecule has 0 aliphatic carbocycles. The second-order valence-corrected chi connectivity index (χ2v) is 7.70. The van der Waals surface area contributed by atoms with Crippen LogP contribution in [0.5, 0.6) is 0 Å². The van der Waals surface area contributed by atoms with E-state index >= 15 is 0 Å². The number of aryl methyl sites for hydroxylation is 1. The van der Waals surface area contributed by atoms with Crippen LogP contribution in [-0.2, 0) is 9.59 Å². The summed E-state index contributed by atoms with van der Waals surface area (Å²) in [6.45, 7) is 9.38. The van der Waals surface area contributed by atoms with E-state index < -0.39 is 0 Å². The molecule has 0 saturated carbocycles. The SMILES string of the molecule is CCCN(CCC)C(=O)c1ccc(NCC(=O)Nc2ccc(C)c(NC(=O)CC)c2)cc1. The largest absolute Gasteiger partial charge is 0.376 e. The summed E-state index contributed by atoms with van der Waals surface area (Å²) in [5.74, 6) is -0.255. The summed E-state index contributed by atoms with van der Waals surface area (Å²) >= 11 is 0. The lowest BCUT2D eigenvalue weighted by molar-refractivity contribution is -0.116. The molecule has 0 saturated heterocycles. The van der Waals surface area contributed by atoms with Crippen molar-refractivity contribution in [2.75, 3.05) is 35.6 Å². The van der Waals surface area contributed by atoms with Crippen LogP contribution in [0.3, 0.4) is 0 Å². The number of carbonyl (C=O) groups is 3. The first-order valence-electron chi connectivity index (χ1n) is 11.2. The molecule has 0 spiro atoms. The van der Waals surface area contributed by atoms with Crippen molar-refractivity contribution in [1.29, 1.82) is 0 Å². The van der Waals surface area contributed by atoms with Gasteiger partial charge in [-0.1, -0.05) is 26.8 Å². The van der Waals surface area contributed by atoms with Gasteiger partial charge in [-0.2, -0.15) is 0 Å². The van der Waals surface area contributed by atoms with E-state index in [-0.39, 0.29) is 24.3 Å². The number of benzene rings is 2. The molecule has 0 unspecified atom stereocenters. The number of amides is 3. The lowest BCUT2D eigenvalue weighted by Gasteiger charge is -2.21. The van der Waals surface area contributed by atoms with Crippen LogP contribution in [0.2, 0.25) is 0 Å². The molecule has 3 amide bonds. The molecule has 0 atom stereocenters. The highest BCUT2D eigenvalue weighted by atomic mass is 16.2. The zero-order valence-corrected chi connectivity index (χ0v) is 19.5. The van der Waals surface area contributed by atoms with E-state index in [1.54, 1.807) is 43.3 Å². The second-order valence-electron chi connectivity index (χ2n) is 7.70. The summed E-state index contributed by atoms with van der Waals surface area (Å²) in [6, 6.07) is 12.6. The Labute approximate surface area is 190 Å². The fourth-order valence-electron chi connectivity index (χ4n) is 3.23. The Morgan fingerprint density at radius 1 is 0.812 bits per heavy atom. The molecular formula is C25H34N4O3. The van der Waals surface area contributed by atoms with Crippen LogP contribution in [0.1, 0.15) is 56.0 Å². The fourth-order valence-corrected chi connectivity index (χ4v) is 3.23. The monoisotopic (exact) mass is 438 g/mol. The minimum absolute atomic E-state index is 0.0309. The minimum Gasteiger partial charge on any atom is -0.376 e. The molecule has 0 heterocycles. The average Bonchev–Trinajstić information content (AvgIpc) is 2.79. The standard InChI is InChI=1S/C25H34N4O3/c1-5-14-29(15-6-2)25(32)19-9-12-20(13-10-19)26-17-24(31)27-21-11-8-18(4)22(16-21)28-23(30)7-3/h8-13,16,26H,5-7,14-15,17H2,1-4H3,(H,27,31)(H,28,30). The first-order chi connectivity index (χ1) is 15.4. The van der Waals surface area contributed by atoms with Crippen molar-refractivity contribution in [2.45, 2.75) is 47.0 Å². The van der Waals surface area contributed by atoms with Crippen LogP contribution in [0.4, 0.5) is 17.1 Å². The van der Waals surface area contributed by atoms with E-state index in [2.05, 4.69) is 29.8 Å². The molecule has 3 N–H and O–H groups in total. The molecule has 172 valence electrons. The Kier molecular flexibility index (Phi) is 9.73. The third-order valence-corrected chi connectivity index (χ3v) is 4.98. The topological polar surface area (TPSA) is 90.5 Å². The average molecular weight is 439 g/mol. The van der Waals surface area contributed by atoms with E-state index in [0.29, 0.717) is 23.4 Å². The summed E-state index contributed by atoms with van der Waals surface area (Å²) in [5.41, 5.74) is 3.62. The van der Waals surface area contributed by atoms with E-state index in [0.717, 1.165) is 37.2 Å². The highest BCUT2D eigenvalue weighted by Gasteiger charge is 2.14. The Hall–Kier alpha value is -3.35. The normalized spacial score (nSPS) is 10.4. The van der Waals surface area contributed by atoms with Gasteiger partial charge in [0, 0.05) is 42.1 Å². The zero-order valence-electron chi connectivity index (χ0n) is 19.5. The van der Waals surface area contributed by atoms with Gasteiger partial charge in [-0.3, -0.25) is 14.4 Å². The predicted octanol–water partition coefficient (Wildman–Crippen LogP) is 4.66. The van der Waals surface area contributed by atoms with E-state index in [4.69, 9.17) is 0 Å². The second kappa shape index (κ2) is 12.5. The number of carbonyl (C=O) groups excluding carboxylic acids is 3. The third kappa shape index (κ3) is 7.41. The maximum atomic E-state index is 12.7. The summed E-state index contributed by atoms with van der Waals surface area (Å²) in [6.07, 6.45) is 2.24. The smallest absolute Gasteiger partial charge is 0.253 e. The molecule has 0 aliphatic heterocycles. The zero-order chi connectivity index (χ0) is 23.5. The van der Waals surface area contributed by atoms with Crippen LogP contribution in [-0.4, -0.2) is 42.3 Å². The molecule has 0 aromatic heterocycles. The van der Waals surface area contributed by atoms with Gasteiger partial charge in [0.2, 0.25) is 11.8 Å². The molecule has 2 rings (SSSR count). The van der Waals surface area contributed by atoms with Crippen LogP contribution in [0.25, 0.3) is 0 Å². The Morgan fingerprint density at radius 2 is 1.44 bits per heavy atom. The maximum Gasteiger partial charge on any atom is 0.253 e. The van der Waals surface area contributed by atoms with Gasteiger partial charge < -0.3 is 20.9 Å². The highest BCUT2D eigenvalue weighted by Crippen LogP contribution is 2.20. The predicted molar refractivity (Wildman–Crippen MR) is 130 cm³/mol.